The summed E-state index contributed by atoms with van der Waals surface area (Å²) >= 11 is 0. The number of carboxylic acid groups (broad SMARTS) is 2. The highest BCUT2D eigenvalue weighted by molar-refractivity contribution is 6.03. The molecule has 0 aromatic heterocycles. The van der Waals surface area contributed by atoms with Gasteiger partial charge in [0.25, 0.3) is 0 Å². The Morgan fingerprint density at radius 3 is 1.71 bits per heavy atom. The Kier molecular flexibility index (Phi) is 7.48. The van der Waals surface area contributed by atoms with Crippen molar-refractivity contribution in [2.24, 2.45) is 23.7 Å². The molecule has 1 aliphatic carbocycles. The number of nitrogens with one attached hydrogen (secondary N) is 2. The number of carboxylic acids is 2. The van der Waals surface area contributed by atoms with Crippen LogP contribution in [0.25, 0.3) is 0 Å². The summed E-state index contributed by atoms with van der Waals surface area (Å²) in [6, 6.07) is 13.9. The van der Waals surface area contributed by atoms with Crippen LogP contribution in [0.5, 0.6) is 11.5 Å². The zero-order chi connectivity index (χ0) is 25.9. The quantitative estimate of drug-likeness (QED) is 0.427. The molecular formula is C26H30N2O7. The van der Waals surface area contributed by atoms with Crippen LogP contribution in [-0.4, -0.2) is 39.5 Å². The molecule has 2 atom stereocenters. The number of anilines is 1. The first kappa shape index (κ1) is 25.7. The van der Waals surface area contributed by atoms with Crippen molar-refractivity contribution < 1.29 is 34.1 Å². The third kappa shape index (κ3) is 5.79. The van der Waals surface area contributed by atoms with Gasteiger partial charge in [0.2, 0.25) is 11.8 Å². The normalized spacial score (nSPS) is 21.4. The molecular weight excluding hydrogens is 452 g/mol. The summed E-state index contributed by atoms with van der Waals surface area (Å²) in [5.74, 6) is -8.71. The molecule has 2 unspecified atom stereocenters. The van der Waals surface area contributed by atoms with Crippen LogP contribution >= 0.6 is 0 Å². The lowest BCUT2D eigenvalue weighted by Gasteiger charge is -2.46. The van der Waals surface area contributed by atoms with E-state index in [9.17, 15) is 29.4 Å². The van der Waals surface area contributed by atoms with Gasteiger partial charge in [0, 0.05) is 11.2 Å². The lowest BCUT2D eigenvalue weighted by molar-refractivity contribution is -0.180. The first-order valence-electron chi connectivity index (χ1n) is 11.4. The minimum absolute atomic E-state index is 0.347. The van der Waals surface area contributed by atoms with Crippen molar-refractivity contribution >= 4 is 29.4 Å². The van der Waals surface area contributed by atoms with Gasteiger partial charge in [0.1, 0.15) is 11.5 Å². The number of rotatable bonds is 9. The van der Waals surface area contributed by atoms with Gasteiger partial charge in [-0.3, -0.25) is 19.2 Å². The van der Waals surface area contributed by atoms with Gasteiger partial charge in [-0.15, -0.1) is 0 Å². The van der Waals surface area contributed by atoms with Gasteiger partial charge in [-0.2, -0.15) is 0 Å². The predicted molar refractivity (Wildman–Crippen MR) is 128 cm³/mol. The molecule has 0 spiro atoms. The Hall–Kier alpha value is -3.88. The smallest absolute Gasteiger partial charge is 0.308 e. The number of aliphatic carboxylic acids is 2. The maximum atomic E-state index is 12.9. The number of hydrogen-bond acceptors (Lipinski definition) is 5. The molecule has 2 aromatic carbocycles. The number of carbonyl (C=O) groups excluding carboxylic acids is 2. The average molecular weight is 483 g/mol. The Morgan fingerprint density at radius 1 is 0.800 bits per heavy atom. The van der Waals surface area contributed by atoms with E-state index in [1.54, 1.807) is 38.1 Å². The second-order valence-electron chi connectivity index (χ2n) is 9.44. The highest BCUT2D eigenvalue weighted by atomic mass is 16.5. The molecule has 35 heavy (non-hydrogen) atoms. The minimum atomic E-state index is -1.45. The van der Waals surface area contributed by atoms with Crippen LogP contribution in [-0.2, 0) is 19.2 Å². The summed E-state index contributed by atoms with van der Waals surface area (Å²) in [6.45, 7) is 7.32. The fraction of sp³-hybridized carbons (Fsp3) is 0.385. The molecule has 1 saturated carbocycles. The molecule has 0 bridgehead atoms. The van der Waals surface area contributed by atoms with E-state index in [0.29, 0.717) is 23.6 Å². The van der Waals surface area contributed by atoms with Crippen molar-refractivity contribution in [1.29, 1.82) is 0 Å². The van der Waals surface area contributed by atoms with E-state index in [1.807, 2.05) is 38.1 Å². The van der Waals surface area contributed by atoms with E-state index < -0.39 is 53.0 Å². The van der Waals surface area contributed by atoms with Gasteiger partial charge < -0.3 is 25.6 Å². The summed E-state index contributed by atoms with van der Waals surface area (Å²) in [5, 5.41) is 24.7. The number of amides is 2. The van der Waals surface area contributed by atoms with E-state index in [-0.39, 0.29) is 0 Å². The number of hydrogen-bond donors (Lipinski definition) is 4. The van der Waals surface area contributed by atoms with Crippen LogP contribution in [0.15, 0.2) is 48.5 Å². The van der Waals surface area contributed by atoms with E-state index in [4.69, 9.17) is 4.74 Å². The Bertz CT molecular complexity index is 1090. The van der Waals surface area contributed by atoms with Crippen LogP contribution in [0.4, 0.5) is 5.69 Å². The summed E-state index contributed by atoms with van der Waals surface area (Å²) in [7, 11) is 0. The Labute approximate surface area is 203 Å². The third-order valence-corrected chi connectivity index (χ3v) is 6.45. The number of carbonyl (C=O) groups is 4. The second kappa shape index (κ2) is 10.2. The molecule has 0 saturated heterocycles. The Morgan fingerprint density at radius 2 is 1.26 bits per heavy atom. The van der Waals surface area contributed by atoms with Gasteiger partial charge in [-0.05, 0) is 63.6 Å². The van der Waals surface area contributed by atoms with Crippen molar-refractivity contribution in [3.8, 4) is 11.5 Å². The van der Waals surface area contributed by atoms with Crippen molar-refractivity contribution in [2.45, 2.75) is 39.7 Å². The molecule has 0 radical (unpaired) electrons. The minimum Gasteiger partial charge on any atom is -0.481 e. The Balaban J connectivity index is 1.73. The maximum absolute atomic E-state index is 12.9. The maximum Gasteiger partial charge on any atom is 0.308 e. The SMILES string of the molecule is CCC(C)(C)NC(=O)C1C(C(=O)O)C(C(=O)Nc2ccc(Oc3ccc(C)cc3)cc2)C1C(=O)O. The number of ether oxygens (including phenoxy) is 1. The zero-order valence-corrected chi connectivity index (χ0v) is 20.1. The summed E-state index contributed by atoms with van der Waals surface area (Å²) < 4.78 is 5.75. The molecule has 2 aromatic rings. The van der Waals surface area contributed by atoms with Crippen LogP contribution in [0.3, 0.4) is 0 Å². The van der Waals surface area contributed by atoms with Crippen molar-refractivity contribution in [2.75, 3.05) is 5.32 Å². The van der Waals surface area contributed by atoms with Gasteiger partial charge in [-0.1, -0.05) is 24.6 Å². The molecule has 1 fully saturated rings. The van der Waals surface area contributed by atoms with E-state index in [1.165, 1.54) is 0 Å². The molecule has 0 aliphatic heterocycles. The predicted octanol–water partition coefficient (Wildman–Crippen LogP) is 3.68. The fourth-order valence-electron chi connectivity index (χ4n) is 4.09. The number of aryl methyl sites for hydroxylation is 1. The first-order valence-corrected chi connectivity index (χ1v) is 11.4. The topological polar surface area (TPSA) is 142 Å². The average Bonchev–Trinajstić information content (AvgIpc) is 2.75. The molecule has 1 aliphatic rings. The lowest BCUT2D eigenvalue weighted by atomic mass is 9.55. The summed E-state index contributed by atoms with van der Waals surface area (Å²) in [5.41, 5.74) is 0.804. The van der Waals surface area contributed by atoms with E-state index in [2.05, 4.69) is 10.6 Å². The highest BCUT2D eigenvalue weighted by Gasteiger charge is 2.63. The van der Waals surface area contributed by atoms with E-state index >= 15 is 0 Å². The van der Waals surface area contributed by atoms with Crippen LogP contribution in [0, 0.1) is 30.6 Å². The summed E-state index contributed by atoms with van der Waals surface area (Å²) in [4.78, 5) is 49.6. The highest BCUT2D eigenvalue weighted by Crippen LogP contribution is 2.47. The third-order valence-electron chi connectivity index (χ3n) is 6.45. The van der Waals surface area contributed by atoms with Gasteiger partial charge in [0.15, 0.2) is 0 Å². The lowest BCUT2D eigenvalue weighted by Crippen LogP contribution is -2.64. The molecule has 4 N–H and O–H groups in total. The molecule has 9 nitrogen and oxygen atoms in total. The molecule has 9 heteroatoms. The van der Waals surface area contributed by atoms with Crippen LogP contribution in [0.1, 0.15) is 32.8 Å². The van der Waals surface area contributed by atoms with Crippen molar-refractivity contribution in [3.05, 3.63) is 54.1 Å². The van der Waals surface area contributed by atoms with Crippen molar-refractivity contribution in [3.63, 3.8) is 0 Å². The monoisotopic (exact) mass is 482 g/mol. The van der Waals surface area contributed by atoms with Gasteiger partial charge in [0.05, 0.1) is 23.7 Å². The summed E-state index contributed by atoms with van der Waals surface area (Å²) in [6.07, 6.45) is 0.564. The second-order valence-corrected chi connectivity index (χ2v) is 9.44. The van der Waals surface area contributed by atoms with Gasteiger partial charge >= 0.3 is 11.9 Å². The largest absolute Gasteiger partial charge is 0.481 e. The molecule has 3 rings (SSSR count). The molecule has 0 heterocycles. The number of benzene rings is 2. The molecule has 2 amide bonds. The van der Waals surface area contributed by atoms with E-state index in [0.717, 1.165) is 5.56 Å². The molecule has 186 valence electrons. The van der Waals surface area contributed by atoms with Crippen molar-refractivity contribution in [1.82, 2.24) is 5.32 Å². The van der Waals surface area contributed by atoms with Crippen LogP contribution < -0.4 is 15.4 Å². The fourth-order valence-corrected chi connectivity index (χ4v) is 4.09. The van der Waals surface area contributed by atoms with Gasteiger partial charge in [-0.25, -0.2) is 0 Å². The standard InChI is InChI=1S/C26H30N2O7/c1-5-26(3,4)28-23(30)19-20(24(31)32)18(21(19)25(33)34)22(29)27-15-8-12-17(13-9-15)35-16-10-6-14(2)7-11-16/h6-13,18-21H,5H2,1-4H3,(H,27,29)(H,28,30)(H,31,32)(H,33,34). The first-order chi connectivity index (χ1) is 16.4. The van der Waals surface area contributed by atoms with Crippen LogP contribution in [0.2, 0.25) is 0 Å². The zero-order valence-electron chi connectivity index (χ0n) is 20.1.